The van der Waals surface area contributed by atoms with E-state index in [9.17, 15) is 14.4 Å². The van der Waals surface area contributed by atoms with E-state index in [1.165, 1.54) is 0 Å². The quantitative estimate of drug-likeness (QED) is 0.837. The number of carbonyl (C=O) groups excluding carboxylic acids is 3. The van der Waals surface area contributed by atoms with Crippen molar-refractivity contribution in [3.63, 3.8) is 0 Å². The molecule has 0 saturated carbocycles. The third-order valence-corrected chi connectivity index (χ3v) is 2.82. The monoisotopic (exact) mass is 306 g/mol. The second-order valence-electron chi connectivity index (χ2n) is 6.13. The molecule has 120 valence electrons. The van der Waals surface area contributed by atoms with Crippen molar-refractivity contribution in [1.29, 1.82) is 0 Å². The number of esters is 1. The first kappa shape index (κ1) is 17.7. The SMILES string of the molecule is Cc1ccc(C(=O)OCC(=O)NC(=O)NC(C)(C)C)cc1C. The summed E-state index contributed by atoms with van der Waals surface area (Å²) in [6, 6.07) is 4.51. The topological polar surface area (TPSA) is 84.5 Å². The number of nitrogens with one attached hydrogen (secondary N) is 2. The van der Waals surface area contributed by atoms with Crippen molar-refractivity contribution in [2.75, 3.05) is 6.61 Å². The lowest BCUT2D eigenvalue weighted by molar-refractivity contribution is -0.123. The van der Waals surface area contributed by atoms with Crippen LogP contribution in [0, 0.1) is 13.8 Å². The van der Waals surface area contributed by atoms with Gasteiger partial charge < -0.3 is 10.1 Å². The number of benzene rings is 1. The van der Waals surface area contributed by atoms with Crippen molar-refractivity contribution in [2.24, 2.45) is 0 Å². The Labute approximate surface area is 130 Å². The van der Waals surface area contributed by atoms with Crippen LogP contribution in [0.1, 0.15) is 42.3 Å². The van der Waals surface area contributed by atoms with E-state index in [2.05, 4.69) is 10.6 Å². The number of aryl methyl sites for hydroxylation is 2. The normalized spacial score (nSPS) is 10.8. The molecule has 3 amide bonds. The number of hydrogen-bond acceptors (Lipinski definition) is 4. The Hall–Kier alpha value is -2.37. The maximum absolute atomic E-state index is 11.8. The molecule has 22 heavy (non-hydrogen) atoms. The number of amides is 3. The molecular formula is C16H22N2O4. The summed E-state index contributed by atoms with van der Waals surface area (Å²) in [4.78, 5) is 34.9. The highest BCUT2D eigenvalue weighted by Gasteiger charge is 2.17. The molecule has 0 aromatic heterocycles. The number of hydrogen-bond donors (Lipinski definition) is 2. The zero-order valence-electron chi connectivity index (χ0n) is 13.6. The van der Waals surface area contributed by atoms with Gasteiger partial charge >= 0.3 is 12.0 Å². The predicted octanol–water partition coefficient (Wildman–Crippen LogP) is 2.08. The van der Waals surface area contributed by atoms with Crippen LogP contribution in [0.2, 0.25) is 0 Å². The van der Waals surface area contributed by atoms with E-state index < -0.39 is 30.1 Å². The van der Waals surface area contributed by atoms with Crippen molar-refractivity contribution in [1.82, 2.24) is 10.6 Å². The summed E-state index contributed by atoms with van der Waals surface area (Å²) in [5, 5.41) is 4.67. The Balaban J connectivity index is 2.48. The molecule has 0 spiro atoms. The summed E-state index contributed by atoms with van der Waals surface area (Å²) in [6.45, 7) is 8.68. The third kappa shape index (κ3) is 5.95. The Morgan fingerprint density at radius 2 is 1.73 bits per heavy atom. The van der Waals surface area contributed by atoms with Crippen molar-refractivity contribution < 1.29 is 19.1 Å². The van der Waals surface area contributed by atoms with Gasteiger partial charge in [-0.3, -0.25) is 10.1 Å². The molecule has 0 unspecified atom stereocenters. The standard InChI is InChI=1S/C16H22N2O4/c1-10-6-7-12(8-11(10)2)14(20)22-9-13(19)17-15(21)18-16(3,4)5/h6-8H,9H2,1-5H3,(H2,17,18,19,21). The average Bonchev–Trinajstić information content (AvgIpc) is 2.36. The molecule has 0 aliphatic heterocycles. The molecule has 1 rings (SSSR count). The van der Waals surface area contributed by atoms with Gasteiger partial charge in [-0.1, -0.05) is 6.07 Å². The van der Waals surface area contributed by atoms with E-state index in [-0.39, 0.29) is 0 Å². The van der Waals surface area contributed by atoms with Gasteiger partial charge in [0.1, 0.15) is 0 Å². The minimum atomic E-state index is -0.682. The van der Waals surface area contributed by atoms with Crippen molar-refractivity contribution in [3.8, 4) is 0 Å². The molecule has 0 radical (unpaired) electrons. The highest BCUT2D eigenvalue weighted by atomic mass is 16.5. The lowest BCUT2D eigenvalue weighted by atomic mass is 10.1. The van der Waals surface area contributed by atoms with Gasteiger partial charge in [-0.05, 0) is 57.9 Å². The van der Waals surface area contributed by atoms with Crippen LogP contribution in [-0.4, -0.2) is 30.1 Å². The Morgan fingerprint density at radius 3 is 2.27 bits per heavy atom. The molecule has 0 heterocycles. The molecule has 0 fully saturated rings. The Kier molecular flexibility index (Phi) is 5.68. The first-order chi connectivity index (χ1) is 10.1. The molecule has 0 aliphatic rings. The van der Waals surface area contributed by atoms with Crippen LogP contribution < -0.4 is 10.6 Å². The fourth-order valence-electron chi connectivity index (χ4n) is 1.62. The minimum Gasteiger partial charge on any atom is -0.452 e. The smallest absolute Gasteiger partial charge is 0.338 e. The summed E-state index contributed by atoms with van der Waals surface area (Å²) in [6.07, 6.45) is 0. The van der Waals surface area contributed by atoms with E-state index in [0.717, 1.165) is 11.1 Å². The lowest BCUT2D eigenvalue weighted by Gasteiger charge is -2.20. The summed E-state index contributed by atoms with van der Waals surface area (Å²) < 4.78 is 4.88. The second-order valence-corrected chi connectivity index (χ2v) is 6.13. The molecule has 2 N–H and O–H groups in total. The Bertz CT molecular complexity index is 588. The van der Waals surface area contributed by atoms with Gasteiger partial charge in [0.25, 0.3) is 5.91 Å². The van der Waals surface area contributed by atoms with E-state index in [4.69, 9.17) is 4.74 Å². The maximum Gasteiger partial charge on any atom is 0.338 e. The van der Waals surface area contributed by atoms with E-state index in [1.807, 2.05) is 19.9 Å². The fraction of sp³-hybridized carbons (Fsp3) is 0.438. The van der Waals surface area contributed by atoms with Crippen LogP contribution in [0.25, 0.3) is 0 Å². The first-order valence-electron chi connectivity index (χ1n) is 6.95. The first-order valence-corrected chi connectivity index (χ1v) is 6.95. The largest absolute Gasteiger partial charge is 0.452 e. The van der Waals surface area contributed by atoms with E-state index in [1.54, 1.807) is 32.9 Å². The van der Waals surface area contributed by atoms with Crippen LogP contribution in [0.4, 0.5) is 4.79 Å². The van der Waals surface area contributed by atoms with Gasteiger partial charge in [0, 0.05) is 5.54 Å². The molecular weight excluding hydrogens is 284 g/mol. The number of urea groups is 1. The molecule has 6 nitrogen and oxygen atoms in total. The zero-order valence-corrected chi connectivity index (χ0v) is 13.6. The molecule has 0 saturated heterocycles. The average molecular weight is 306 g/mol. The molecule has 1 aromatic rings. The highest BCUT2D eigenvalue weighted by Crippen LogP contribution is 2.10. The minimum absolute atomic E-state index is 0.370. The summed E-state index contributed by atoms with van der Waals surface area (Å²) in [5.41, 5.74) is 1.94. The van der Waals surface area contributed by atoms with Gasteiger partial charge in [-0.2, -0.15) is 0 Å². The number of rotatable bonds is 3. The predicted molar refractivity (Wildman–Crippen MR) is 82.6 cm³/mol. The summed E-state index contributed by atoms with van der Waals surface area (Å²) in [5.74, 6) is -1.28. The second kappa shape index (κ2) is 7.06. The van der Waals surface area contributed by atoms with Crippen molar-refractivity contribution in [3.05, 3.63) is 34.9 Å². The maximum atomic E-state index is 11.8. The van der Waals surface area contributed by atoms with E-state index in [0.29, 0.717) is 5.56 Å². The van der Waals surface area contributed by atoms with Gasteiger partial charge in [0.2, 0.25) is 0 Å². The van der Waals surface area contributed by atoms with Gasteiger partial charge in [0.15, 0.2) is 6.61 Å². The van der Waals surface area contributed by atoms with Crippen LogP contribution in [-0.2, 0) is 9.53 Å². The zero-order chi connectivity index (χ0) is 16.9. The number of carbonyl (C=O) groups is 3. The van der Waals surface area contributed by atoms with Gasteiger partial charge in [-0.15, -0.1) is 0 Å². The highest BCUT2D eigenvalue weighted by molar-refractivity contribution is 5.97. The van der Waals surface area contributed by atoms with E-state index >= 15 is 0 Å². The van der Waals surface area contributed by atoms with Gasteiger partial charge in [0.05, 0.1) is 5.56 Å². The fourth-order valence-corrected chi connectivity index (χ4v) is 1.62. The van der Waals surface area contributed by atoms with Crippen molar-refractivity contribution >= 4 is 17.9 Å². The van der Waals surface area contributed by atoms with Crippen molar-refractivity contribution in [2.45, 2.75) is 40.2 Å². The van der Waals surface area contributed by atoms with Crippen LogP contribution in [0.3, 0.4) is 0 Å². The van der Waals surface area contributed by atoms with Crippen LogP contribution >= 0.6 is 0 Å². The summed E-state index contributed by atoms with van der Waals surface area (Å²) >= 11 is 0. The van der Waals surface area contributed by atoms with Crippen LogP contribution in [0.15, 0.2) is 18.2 Å². The third-order valence-electron chi connectivity index (χ3n) is 2.82. The molecule has 0 aliphatic carbocycles. The summed E-state index contributed by atoms with van der Waals surface area (Å²) in [7, 11) is 0. The number of ether oxygens (including phenoxy) is 1. The van der Waals surface area contributed by atoms with Crippen LogP contribution in [0.5, 0.6) is 0 Å². The number of imide groups is 1. The molecule has 0 bridgehead atoms. The molecule has 0 atom stereocenters. The lowest BCUT2D eigenvalue weighted by Crippen LogP contribution is -2.49. The van der Waals surface area contributed by atoms with Gasteiger partial charge in [-0.25, -0.2) is 9.59 Å². The Morgan fingerprint density at radius 1 is 1.09 bits per heavy atom. The molecule has 6 heteroatoms. The molecule has 1 aromatic carbocycles.